The third-order valence-electron chi connectivity index (χ3n) is 5.46. The minimum absolute atomic E-state index is 0.181. The highest BCUT2D eigenvalue weighted by molar-refractivity contribution is 7.10. The highest BCUT2D eigenvalue weighted by atomic mass is 32.1. The first kappa shape index (κ1) is 21.1. The van der Waals surface area contributed by atoms with Crippen LogP contribution in [-0.2, 0) is 24.3 Å². The Morgan fingerprint density at radius 3 is 2.97 bits per heavy atom. The zero-order valence-electron chi connectivity index (χ0n) is 18.0. The van der Waals surface area contributed by atoms with Crippen molar-refractivity contribution in [3.8, 4) is 11.3 Å². The normalized spacial score (nSPS) is 13.7. The summed E-state index contributed by atoms with van der Waals surface area (Å²) in [5.74, 6) is 1.78. The number of hydrogen-bond acceptors (Lipinski definition) is 4. The second-order valence-electron chi connectivity index (χ2n) is 7.62. The number of aromatic nitrogens is 2. The summed E-state index contributed by atoms with van der Waals surface area (Å²) in [4.78, 5) is 30.2. The quantitative estimate of drug-likeness (QED) is 0.460. The number of hydrogen-bond donors (Lipinski definition) is 2. The van der Waals surface area contributed by atoms with Crippen LogP contribution in [0.5, 0.6) is 0 Å². The van der Waals surface area contributed by atoms with Crippen LogP contribution < -0.4 is 5.32 Å². The molecule has 4 rings (SSSR count). The van der Waals surface area contributed by atoms with E-state index in [2.05, 4.69) is 43.9 Å². The first-order valence-electron chi connectivity index (χ1n) is 10.5. The van der Waals surface area contributed by atoms with E-state index in [9.17, 15) is 4.79 Å². The number of carbonyl (C=O) groups excluding carboxylic acids is 1. The monoisotopic (exact) mass is 436 g/mol. The number of nitrogens with one attached hydrogen (secondary N) is 2. The zero-order chi connectivity index (χ0) is 21.6. The molecule has 2 aromatic heterocycles. The van der Waals surface area contributed by atoms with Gasteiger partial charge in [-0.2, -0.15) is 0 Å². The molecule has 7 nitrogen and oxygen atoms in total. The lowest BCUT2D eigenvalue weighted by Crippen LogP contribution is -2.41. The highest BCUT2D eigenvalue weighted by Crippen LogP contribution is 2.24. The lowest BCUT2D eigenvalue weighted by Gasteiger charge is -2.27. The number of imidazole rings is 1. The van der Waals surface area contributed by atoms with Gasteiger partial charge in [0.2, 0.25) is 5.91 Å². The third kappa shape index (κ3) is 5.14. The van der Waals surface area contributed by atoms with Gasteiger partial charge in [0.25, 0.3) is 0 Å². The van der Waals surface area contributed by atoms with Crippen molar-refractivity contribution in [2.75, 3.05) is 27.2 Å². The van der Waals surface area contributed by atoms with Crippen LogP contribution in [0.4, 0.5) is 0 Å². The van der Waals surface area contributed by atoms with Gasteiger partial charge in [-0.25, -0.2) is 4.98 Å². The van der Waals surface area contributed by atoms with Gasteiger partial charge in [-0.05, 0) is 29.0 Å². The summed E-state index contributed by atoms with van der Waals surface area (Å²) in [6, 6.07) is 12.3. The zero-order valence-corrected chi connectivity index (χ0v) is 18.8. The Morgan fingerprint density at radius 2 is 2.16 bits per heavy atom. The number of aromatic amines is 1. The van der Waals surface area contributed by atoms with Crippen LogP contribution in [0.2, 0.25) is 0 Å². The number of aliphatic imine (C=N–C) groups is 1. The van der Waals surface area contributed by atoms with Crippen LogP contribution in [0.1, 0.15) is 22.7 Å². The van der Waals surface area contributed by atoms with Gasteiger partial charge in [0.05, 0.1) is 18.4 Å². The molecule has 0 aliphatic carbocycles. The summed E-state index contributed by atoms with van der Waals surface area (Å²) in [5.41, 5.74) is 3.39. The van der Waals surface area contributed by atoms with Gasteiger partial charge in [0.15, 0.2) is 5.96 Å². The summed E-state index contributed by atoms with van der Waals surface area (Å²) in [5, 5.41) is 5.41. The average molecular weight is 437 g/mol. The Hall–Kier alpha value is -3.13. The fraction of sp³-hybridized carbons (Fsp3) is 0.348. The first-order valence-corrected chi connectivity index (χ1v) is 11.4. The van der Waals surface area contributed by atoms with Crippen LogP contribution in [-0.4, -0.2) is 58.8 Å². The highest BCUT2D eigenvalue weighted by Gasteiger charge is 2.21. The van der Waals surface area contributed by atoms with E-state index in [0.717, 1.165) is 42.6 Å². The van der Waals surface area contributed by atoms with Crippen molar-refractivity contribution < 1.29 is 4.79 Å². The average Bonchev–Trinajstić information content (AvgIpc) is 3.46. The molecule has 31 heavy (non-hydrogen) atoms. The molecule has 1 aliphatic heterocycles. The molecule has 0 unspecified atom stereocenters. The Balaban J connectivity index is 1.25. The van der Waals surface area contributed by atoms with Gasteiger partial charge in [-0.1, -0.05) is 30.3 Å². The maximum atomic E-state index is 12.6. The maximum Gasteiger partial charge on any atom is 0.224 e. The second-order valence-corrected chi connectivity index (χ2v) is 8.62. The number of H-pyrrole nitrogens is 1. The largest absolute Gasteiger partial charge is 0.356 e. The fourth-order valence-corrected chi connectivity index (χ4v) is 4.68. The Bertz CT molecular complexity index is 1040. The van der Waals surface area contributed by atoms with E-state index >= 15 is 0 Å². The number of thiophene rings is 1. The molecule has 1 aliphatic rings. The molecule has 0 atom stereocenters. The van der Waals surface area contributed by atoms with Gasteiger partial charge in [0.1, 0.15) is 5.82 Å². The first-order chi connectivity index (χ1) is 15.1. The van der Waals surface area contributed by atoms with E-state index in [-0.39, 0.29) is 5.91 Å². The molecular weight excluding hydrogens is 408 g/mol. The van der Waals surface area contributed by atoms with E-state index in [4.69, 9.17) is 0 Å². The summed E-state index contributed by atoms with van der Waals surface area (Å²) >= 11 is 1.79. The molecule has 0 saturated carbocycles. The number of fused-ring (bicyclic) bond motifs is 1. The summed E-state index contributed by atoms with van der Waals surface area (Å²) in [6.45, 7) is 2.68. The summed E-state index contributed by atoms with van der Waals surface area (Å²) in [6.07, 6.45) is 3.26. The van der Waals surface area contributed by atoms with Crippen LogP contribution in [0.25, 0.3) is 11.3 Å². The fourth-order valence-electron chi connectivity index (χ4n) is 3.79. The molecule has 1 amide bonds. The molecule has 0 bridgehead atoms. The predicted octanol–water partition coefficient (Wildman–Crippen LogP) is 3.12. The van der Waals surface area contributed by atoms with E-state index in [1.165, 1.54) is 10.4 Å². The molecule has 0 radical (unpaired) electrons. The molecule has 2 N–H and O–H groups in total. The SMILES string of the molecule is CN=C(NCCC(=O)N1CCc2sccc2C1)N(C)Cc1ncc(-c2ccccc2)[nH]1. The number of carbonyl (C=O) groups is 1. The van der Waals surface area contributed by atoms with E-state index in [1.807, 2.05) is 41.2 Å². The van der Waals surface area contributed by atoms with Crippen molar-refractivity contribution in [1.82, 2.24) is 25.1 Å². The molecule has 0 spiro atoms. The van der Waals surface area contributed by atoms with Crippen molar-refractivity contribution in [3.05, 3.63) is 64.2 Å². The maximum absolute atomic E-state index is 12.6. The summed E-state index contributed by atoms with van der Waals surface area (Å²) < 4.78 is 0. The van der Waals surface area contributed by atoms with E-state index in [1.54, 1.807) is 18.4 Å². The predicted molar refractivity (Wildman–Crippen MR) is 125 cm³/mol. The molecule has 3 aromatic rings. The van der Waals surface area contributed by atoms with Crippen molar-refractivity contribution in [1.29, 1.82) is 0 Å². The third-order valence-corrected chi connectivity index (χ3v) is 6.48. The molecule has 8 heteroatoms. The number of benzene rings is 1. The van der Waals surface area contributed by atoms with Gasteiger partial charge in [0, 0.05) is 45.0 Å². The number of guanidine groups is 1. The van der Waals surface area contributed by atoms with Crippen molar-refractivity contribution in [2.45, 2.75) is 25.9 Å². The van der Waals surface area contributed by atoms with E-state index in [0.29, 0.717) is 19.5 Å². The Labute approximate surface area is 186 Å². The summed E-state index contributed by atoms with van der Waals surface area (Å²) in [7, 11) is 3.71. The lowest BCUT2D eigenvalue weighted by atomic mass is 10.1. The van der Waals surface area contributed by atoms with Gasteiger partial charge >= 0.3 is 0 Å². The molecule has 3 heterocycles. The topological polar surface area (TPSA) is 76.6 Å². The van der Waals surface area contributed by atoms with Crippen LogP contribution in [0.3, 0.4) is 0 Å². The minimum atomic E-state index is 0.181. The van der Waals surface area contributed by atoms with Crippen LogP contribution in [0.15, 0.2) is 53.0 Å². The standard InChI is InChI=1S/C23H28N6OS/c1-24-23(25-11-8-22(30)29-12-9-20-18(15-29)10-13-31-20)28(2)16-21-26-14-19(27-21)17-6-4-3-5-7-17/h3-7,10,13-14H,8-9,11-12,15-16H2,1-2H3,(H,24,25)(H,26,27). The number of rotatable bonds is 6. The van der Waals surface area contributed by atoms with Gasteiger partial charge in [-0.15, -0.1) is 11.3 Å². The molecule has 0 fully saturated rings. The van der Waals surface area contributed by atoms with Crippen molar-refractivity contribution in [2.24, 2.45) is 4.99 Å². The van der Waals surface area contributed by atoms with Crippen LogP contribution >= 0.6 is 11.3 Å². The van der Waals surface area contributed by atoms with E-state index < -0.39 is 0 Å². The van der Waals surface area contributed by atoms with Gasteiger partial charge < -0.3 is 20.1 Å². The second kappa shape index (κ2) is 9.78. The smallest absolute Gasteiger partial charge is 0.224 e. The number of nitrogens with zero attached hydrogens (tertiary/aromatic N) is 4. The molecule has 1 aromatic carbocycles. The minimum Gasteiger partial charge on any atom is -0.356 e. The molecular formula is C23H28N6OS. The lowest BCUT2D eigenvalue weighted by molar-refractivity contribution is -0.131. The van der Waals surface area contributed by atoms with Crippen molar-refractivity contribution >= 4 is 23.2 Å². The molecule has 0 saturated heterocycles. The molecule has 162 valence electrons. The number of amides is 1. The Morgan fingerprint density at radius 1 is 1.32 bits per heavy atom. The van der Waals surface area contributed by atoms with Gasteiger partial charge in [-0.3, -0.25) is 9.79 Å². The Kier molecular flexibility index (Phi) is 6.66. The van der Waals surface area contributed by atoms with Crippen LogP contribution in [0, 0.1) is 0 Å². The van der Waals surface area contributed by atoms with Crippen molar-refractivity contribution in [3.63, 3.8) is 0 Å².